The van der Waals surface area contributed by atoms with Crippen LogP contribution >= 0.6 is 0 Å². The van der Waals surface area contributed by atoms with Crippen LogP contribution in [0.5, 0.6) is 0 Å². The van der Waals surface area contributed by atoms with Crippen molar-refractivity contribution in [3.63, 3.8) is 0 Å². The Kier molecular flexibility index (Phi) is 5.12. The first-order valence-electron chi connectivity index (χ1n) is 6.80. The molecule has 19 heavy (non-hydrogen) atoms. The van der Waals surface area contributed by atoms with Crippen molar-refractivity contribution in [2.45, 2.75) is 53.9 Å². The van der Waals surface area contributed by atoms with Crippen LogP contribution in [0.3, 0.4) is 0 Å². The average Bonchev–Trinajstić information content (AvgIpc) is 2.74. The Labute approximate surface area is 115 Å². The molecular weight excluding hydrogens is 240 g/mol. The van der Waals surface area contributed by atoms with Crippen LogP contribution in [-0.2, 0) is 14.3 Å². The van der Waals surface area contributed by atoms with Gasteiger partial charge in [-0.15, -0.1) is 0 Å². The lowest BCUT2D eigenvalue weighted by molar-refractivity contribution is -0.154. The van der Waals surface area contributed by atoms with E-state index in [9.17, 15) is 4.79 Å². The number of carbonyl (C=O) groups is 1. The topological polar surface area (TPSA) is 35.5 Å². The molecule has 2 rings (SSSR count). The SMILES string of the molecule is CC.Cc1cccc([C@@H]2OC(C(C)(C)C)OC2=O)c1. The van der Waals surface area contributed by atoms with Gasteiger partial charge in [-0.05, 0) is 12.5 Å². The van der Waals surface area contributed by atoms with Crippen LogP contribution in [0.4, 0.5) is 0 Å². The standard InChI is InChI=1S/C14H18O3.C2H6/c1-9-6-5-7-10(8-9)11-12(15)17-13(16-11)14(2,3)4;1-2/h5-8,11,13H,1-4H3;1-2H3/t11-,13?;/m0./s1. The molecule has 106 valence electrons. The number of ether oxygens (including phenoxy) is 2. The Balaban J connectivity index is 0.000000861. The van der Waals surface area contributed by atoms with Crippen LogP contribution in [0, 0.1) is 12.3 Å². The maximum Gasteiger partial charge on any atom is 0.342 e. The second kappa shape index (κ2) is 6.20. The fraction of sp³-hybridized carbons (Fsp3) is 0.562. The first kappa shape index (κ1) is 15.7. The number of aryl methyl sites for hydroxylation is 1. The summed E-state index contributed by atoms with van der Waals surface area (Å²) in [7, 11) is 0. The molecule has 1 aromatic carbocycles. The summed E-state index contributed by atoms with van der Waals surface area (Å²) in [4.78, 5) is 11.8. The first-order valence-corrected chi connectivity index (χ1v) is 6.80. The van der Waals surface area contributed by atoms with Gasteiger partial charge in [-0.1, -0.05) is 64.4 Å². The number of benzene rings is 1. The van der Waals surface area contributed by atoms with E-state index in [-0.39, 0.29) is 11.4 Å². The van der Waals surface area contributed by atoms with Crippen molar-refractivity contribution in [3.05, 3.63) is 35.4 Å². The second-order valence-corrected chi connectivity index (χ2v) is 5.57. The highest BCUT2D eigenvalue weighted by molar-refractivity contribution is 5.78. The van der Waals surface area contributed by atoms with Crippen molar-refractivity contribution in [3.8, 4) is 0 Å². The molecule has 0 saturated carbocycles. The second-order valence-electron chi connectivity index (χ2n) is 5.57. The van der Waals surface area contributed by atoms with Gasteiger partial charge in [0.05, 0.1) is 0 Å². The smallest absolute Gasteiger partial charge is 0.342 e. The third-order valence-electron chi connectivity index (χ3n) is 2.75. The highest BCUT2D eigenvalue weighted by atomic mass is 16.8. The monoisotopic (exact) mass is 264 g/mol. The average molecular weight is 264 g/mol. The lowest BCUT2D eigenvalue weighted by atomic mass is 9.96. The summed E-state index contributed by atoms with van der Waals surface area (Å²) < 4.78 is 11.0. The van der Waals surface area contributed by atoms with E-state index in [1.165, 1.54) is 0 Å². The van der Waals surface area contributed by atoms with E-state index in [1.807, 2.05) is 65.8 Å². The molecule has 3 heteroatoms. The normalized spacial score (nSPS) is 22.5. The molecule has 0 radical (unpaired) electrons. The number of hydrogen-bond acceptors (Lipinski definition) is 3. The summed E-state index contributed by atoms with van der Waals surface area (Å²) in [6, 6.07) is 7.76. The van der Waals surface area contributed by atoms with E-state index in [1.54, 1.807) is 0 Å². The minimum Gasteiger partial charge on any atom is -0.433 e. The maximum atomic E-state index is 11.8. The van der Waals surface area contributed by atoms with Gasteiger partial charge in [0.15, 0.2) is 6.10 Å². The molecule has 2 atom stereocenters. The molecule has 1 aliphatic rings. The Morgan fingerprint density at radius 3 is 2.26 bits per heavy atom. The van der Waals surface area contributed by atoms with Gasteiger partial charge in [0.2, 0.25) is 6.29 Å². The summed E-state index contributed by atoms with van der Waals surface area (Å²) >= 11 is 0. The summed E-state index contributed by atoms with van der Waals surface area (Å²) in [6.07, 6.45) is -1.06. The van der Waals surface area contributed by atoms with E-state index in [0.717, 1.165) is 11.1 Å². The van der Waals surface area contributed by atoms with Gasteiger partial charge in [-0.3, -0.25) is 0 Å². The van der Waals surface area contributed by atoms with E-state index >= 15 is 0 Å². The molecule has 1 unspecified atom stereocenters. The fourth-order valence-electron chi connectivity index (χ4n) is 1.80. The van der Waals surface area contributed by atoms with E-state index in [4.69, 9.17) is 9.47 Å². The third-order valence-corrected chi connectivity index (χ3v) is 2.75. The quantitative estimate of drug-likeness (QED) is 0.719. The Morgan fingerprint density at radius 1 is 1.16 bits per heavy atom. The van der Waals surface area contributed by atoms with Gasteiger partial charge in [0.1, 0.15) is 0 Å². The molecule has 0 spiro atoms. The van der Waals surface area contributed by atoms with Gasteiger partial charge in [0.25, 0.3) is 0 Å². The lowest BCUT2D eigenvalue weighted by Crippen LogP contribution is -2.27. The molecule has 1 fully saturated rings. The zero-order chi connectivity index (χ0) is 14.6. The number of esters is 1. The van der Waals surface area contributed by atoms with Crippen molar-refractivity contribution >= 4 is 5.97 Å². The van der Waals surface area contributed by atoms with Gasteiger partial charge in [-0.2, -0.15) is 0 Å². The predicted molar refractivity (Wildman–Crippen MR) is 75.7 cm³/mol. The number of hydrogen-bond donors (Lipinski definition) is 0. The van der Waals surface area contributed by atoms with E-state index in [0.29, 0.717) is 0 Å². The Morgan fingerprint density at radius 2 is 1.79 bits per heavy atom. The highest BCUT2D eigenvalue weighted by Crippen LogP contribution is 2.36. The van der Waals surface area contributed by atoms with E-state index < -0.39 is 12.4 Å². The molecule has 1 aromatic rings. The predicted octanol–water partition coefficient (Wildman–Crippen LogP) is 4.01. The fourth-order valence-corrected chi connectivity index (χ4v) is 1.80. The number of cyclic esters (lactones) is 1. The molecule has 1 saturated heterocycles. The summed E-state index contributed by atoms with van der Waals surface area (Å²) in [5.74, 6) is -0.296. The van der Waals surface area contributed by atoms with Crippen molar-refractivity contribution in [2.24, 2.45) is 5.41 Å². The maximum absolute atomic E-state index is 11.8. The largest absolute Gasteiger partial charge is 0.433 e. The van der Waals surface area contributed by atoms with Crippen LogP contribution in [0.2, 0.25) is 0 Å². The van der Waals surface area contributed by atoms with Crippen LogP contribution in [0.1, 0.15) is 51.8 Å². The number of rotatable bonds is 1. The molecule has 1 aliphatic heterocycles. The summed E-state index contributed by atoms with van der Waals surface area (Å²) in [5, 5.41) is 0. The minimum absolute atomic E-state index is 0.200. The van der Waals surface area contributed by atoms with Crippen molar-refractivity contribution in [1.29, 1.82) is 0 Å². The molecule has 0 aromatic heterocycles. The highest BCUT2D eigenvalue weighted by Gasteiger charge is 2.42. The molecule has 1 heterocycles. The first-order chi connectivity index (χ1) is 8.88. The van der Waals surface area contributed by atoms with Crippen molar-refractivity contribution < 1.29 is 14.3 Å². The van der Waals surface area contributed by atoms with Gasteiger partial charge < -0.3 is 9.47 Å². The molecule has 0 aliphatic carbocycles. The summed E-state index contributed by atoms with van der Waals surface area (Å²) in [5.41, 5.74) is 1.77. The van der Waals surface area contributed by atoms with Crippen molar-refractivity contribution in [1.82, 2.24) is 0 Å². The Bertz CT molecular complexity index is 432. The van der Waals surface area contributed by atoms with Gasteiger partial charge in [-0.25, -0.2) is 4.79 Å². The third kappa shape index (κ3) is 3.80. The number of carbonyl (C=O) groups excluding carboxylic acids is 1. The van der Waals surface area contributed by atoms with Gasteiger partial charge in [0, 0.05) is 5.41 Å². The zero-order valence-electron chi connectivity index (χ0n) is 12.7. The molecule has 0 N–H and O–H groups in total. The summed E-state index contributed by atoms with van der Waals surface area (Å²) in [6.45, 7) is 12.0. The van der Waals surface area contributed by atoms with E-state index in [2.05, 4.69) is 0 Å². The molecular formula is C16H24O3. The van der Waals surface area contributed by atoms with Crippen LogP contribution in [0.25, 0.3) is 0 Å². The molecule has 0 bridgehead atoms. The van der Waals surface area contributed by atoms with Crippen LogP contribution in [-0.4, -0.2) is 12.3 Å². The molecule has 0 amide bonds. The lowest BCUT2D eigenvalue weighted by Gasteiger charge is -2.24. The minimum atomic E-state index is -0.584. The Hall–Kier alpha value is -1.35. The molecule has 3 nitrogen and oxygen atoms in total. The van der Waals surface area contributed by atoms with Crippen molar-refractivity contribution in [2.75, 3.05) is 0 Å². The van der Waals surface area contributed by atoms with Crippen LogP contribution < -0.4 is 0 Å². The zero-order valence-corrected chi connectivity index (χ0v) is 12.7. The van der Waals surface area contributed by atoms with Crippen LogP contribution in [0.15, 0.2) is 24.3 Å². The van der Waals surface area contributed by atoms with Gasteiger partial charge >= 0.3 is 5.97 Å².